The molecule has 26 heavy (non-hydrogen) atoms. The Kier molecular flexibility index (Phi) is 5.23. The number of hydrogen-bond donors (Lipinski definition) is 1. The largest absolute Gasteiger partial charge is 0.492 e. The van der Waals surface area contributed by atoms with E-state index < -0.39 is 11.3 Å². The summed E-state index contributed by atoms with van der Waals surface area (Å²) in [5, 5.41) is 7.73. The summed E-state index contributed by atoms with van der Waals surface area (Å²) in [6.45, 7) is 4.71. The highest BCUT2D eigenvalue weighted by Crippen LogP contribution is 2.24. The van der Waals surface area contributed by atoms with E-state index in [1.54, 1.807) is 47.1 Å². The predicted octanol–water partition coefficient (Wildman–Crippen LogP) is 3.72. The molecule has 0 unspecified atom stereocenters. The van der Waals surface area contributed by atoms with Gasteiger partial charge in [-0.2, -0.15) is 5.10 Å². The normalized spacial score (nSPS) is 10.7. The fraction of sp³-hybridized carbons (Fsp3) is 0.211. The number of nitrogens with zero attached hydrogens (tertiary/aromatic N) is 2. The molecule has 0 radical (unpaired) electrons. The molecule has 6 nitrogen and oxygen atoms in total. The number of halogens is 1. The number of nitrogens with one attached hydrogen (secondary N) is 1. The van der Waals surface area contributed by atoms with Gasteiger partial charge in [-0.1, -0.05) is 23.7 Å². The molecule has 0 aliphatic rings. The van der Waals surface area contributed by atoms with Gasteiger partial charge >= 0.3 is 0 Å². The fourth-order valence-corrected chi connectivity index (χ4v) is 2.86. The first-order valence-corrected chi connectivity index (χ1v) is 8.66. The van der Waals surface area contributed by atoms with E-state index in [0.717, 1.165) is 0 Å². The zero-order valence-corrected chi connectivity index (χ0v) is 15.2. The molecule has 0 fully saturated rings. The molecule has 3 rings (SSSR count). The number of aromatic nitrogens is 2. The summed E-state index contributed by atoms with van der Waals surface area (Å²) < 4.78 is 7.11. The van der Waals surface area contributed by atoms with E-state index in [1.165, 1.54) is 0 Å². The fourth-order valence-electron chi connectivity index (χ4n) is 2.69. The van der Waals surface area contributed by atoms with Gasteiger partial charge in [0.15, 0.2) is 5.69 Å². The number of amides is 1. The third kappa shape index (κ3) is 3.41. The topological polar surface area (TPSA) is 73.2 Å². The highest BCUT2D eigenvalue weighted by atomic mass is 35.5. The number of rotatable bonds is 5. The molecule has 3 aromatic rings. The molecule has 0 aliphatic heterocycles. The maximum Gasteiger partial charge on any atom is 0.280 e. The Bertz CT molecular complexity index is 1030. The average molecular weight is 372 g/mol. The van der Waals surface area contributed by atoms with Crippen LogP contribution in [-0.4, -0.2) is 22.3 Å². The van der Waals surface area contributed by atoms with Crippen LogP contribution < -0.4 is 15.5 Å². The van der Waals surface area contributed by atoms with E-state index in [1.807, 2.05) is 13.8 Å². The molecule has 134 valence electrons. The molecule has 1 heterocycles. The Morgan fingerprint density at radius 1 is 1.23 bits per heavy atom. The maximum absolute atomic E-state index is 12.8. The molecule has 0 atom stereocenters. The zero-order chi connectivity index (χ0) is 18.7. The van der Waals surface area contributed by atoms with Crippen molar-refractivity contribution < 1.29 is 9.53 Å². The Morgan fingerprint density at radius 2 is 2.00 bits per heavy atom. The molecule has 1 amide bonds. The highest BCUT2D eigenvalue weighted by Gasteiger charge is 2.18. The third-order valence-corrected chi connectivity index (χ3v) is 4.10. The summed E-state index contributed by atoms with van der Waals surface area (Å²) in [6, 6.07) is 12.0. The molecule has 0 bridgehead atoms. The highest BCUT2D eigenvalue weighted by molar-refractivity contribution is 6.31. The number of carbonyl (C=O) groups is 1. The standard InChI is InChI=1S/C19H18ClN3O3/c1-3-23-15-10-9-12(20)11-13(15)18(24)17(22-23)19(25)21-14-7-5-6-8-16(14)26-4-2/h5-11H,3-4H2,1-2H3,(H,21,25). The van der Waals surface area contributed by atoms with Crippen LogP contribution in [0.2, 0.25) is 5.02 Å². The molecule has 7 heteroatoms. The summed E-state index contributed by atoms with van der Waals surface area (Å²) >= 11 is 6.02. The smallest absolute Gasteiger partial charge is 0.280 e. The number of ether oxygens (including phenoxy) is 1. The minimum atomic E-state index is -0.591. The van der Waals surface area contributed by atoms with Crippen LogP contribution in [0.3, 0.4) is 0 Å². The third-order valence-electron chi connectivity index (χ3n) is 3.87. The van der Waals surface area contributed by atoms with Crippen LogP contribution in [0.4, 0.5) is 5.69 Å². The Labute approximate surface area is 155 Å². The second kappa shape index (κ2) is 7.58. The lowest BCUT2D eigenvalue weighted by Crippen LogP contribution is -2.27. The number of anilines is 1. The number of hydrogen-bond acceptors (Lipinski definition) is 4. The van der Waals surface area contributed by atoms with Gasteiger partial charge < -0.3 is 10.1 Å². The maximum atomic E-state index is 12.8. The first kappa shape index (κ1) is 17.9. The number of benzene rings is 2. The molecule has 2 aromatic carbocycles. The van der Waals surface area contributed by atoms with Gasteiger partial charge in [-0.3, -0.25) is 14.3 Å². The second-order valence-corrected chi connectivity index (χ2v) is 5.97. The number of aryl methyl sites for hydroxylation is 1. The zero-order valence-electron chi connectivity index (χ0n) is 14.5. The molecular weight excluding hydrogens is 354 g/mol. The summed E-state index contributed by atoms with van der Waals surface area (Å²) in [5.74, 6) is -0.0609. The average Bonchev–Trinajstić information content (AvgIpc) is 2.64. The SMILES string of the molecule is CCOc1ccccc1NC(=O)c1nn(CC)c2ccc(Cl)cc2c1=O. The summed E-state index contributed by atoms with van der Waals surface area (Å²) in [7, 11) is 0. The van der Waals surface area contributed by atoms with E-state index >= 15 is 0 Å². The van der Waals surface area contributed by atoms with Gasteiger partial charge in [0.25, 0.3) is 5.91 Å². The van der Waals surface area contributed by atoms with Crippen molar-refractivity contribution in [2.45, 2.75) is 20.4 Å². The van der Waals surface area contributed by atoms with Gasteiger partial charge in [0.05, 0.1) is 23.2 Å². The van der Waals surface area contributed by atoms with Crippen LogP contribution in [0.25, 0.3) is 10.9 Å². The molecule has 0 saturated heterocycles. The first-order chi connectivity index (χ1) is 12.5. The van der Waals surface area contributed by atoms with Crippen molar-refractivity contribution in [2.24, 2.45) is 0 Å². The van der Waals surface area contributed by atoms with Crippen LogP contribution in [0.1, 0.15) is 24.3 Å². The van der Waals surface area contributed by atoms with E-state index in [4.69, 9.17) is 16.3 Å². The Morgan fingerprint density at radius 3 is 2.73 bits per heavy atom. The molecule has 1 N–H and O–H groups in total. The van der Waals surface area contributed by atoms with Crippen molar-refractivity contribution >= 4 is 34.1 Å². The van der Waals surface area contributed by atoms with E-state index in [0.29, 0.717) is 40.5 Å². The molecular formula is C19H18ClN3O3. The minimum absolute atomic E-state index is 0.187. The second-order valence-electron chi connectivity index (χ2n) is 5.54. The van der Waals surface area contributed by atoms with Gasteiger partial charge in [0.1, 0.15) is 5.75 Å². The van der Waals surface area contributed by atoms with Gasteiger partial charge in [0, 0.05) is 11.6 Å². The van der Waals surface area contributed by atoms with E-state index in [2.05, 4.69) is 10.4 Å². The van der Waals surface area contributed by atoms with Gasteiger partial charge in [-0.15, -0.1) is 0 Å². The molecule has 1 aromatic heterocycles. The van der Waals surface area contributed by atoms with Crippen molar-refractivity contribution in [1.29, 1.82) is 0 Å². The molecule has 0 saturated carbocycles. The van der Waals surface area contributed by atoms with Crippen LogP contribution in [-0.2, 0) is 6.54 Å². The van der Waals surface area contributed by atoms with Crippen LogP contribution in [0.15, 0.2) is 47.3 Å². The monoisotopic (exact) mass is 371 g/mol. The number of fused-ring (bicyclic) bond motifs is 1. The molecule has 0 spiro atoms. The lowest BCUT2D eigenvalue weighted by molar-refractivity contribution is 0.101. The van der Waals surface area contributed by atoms with E-state index in [-0.39, 0.29) is 5.69 Å². The van der Waals surface area contributed by atoms with Crippen molar-refractivity contribution in [3.63, 3.8) is 0 Å². The van der Waals surface area contributed by atoms with Crippen LogP contribution >= 0.6 is 11.6 Å². The minimum Gasteiger partial charge on any atom is -0.492 e. The van der Waals surface area contributed by atoms with Crippen molar-refractivity contribution in [3.05, 3.63) is 63.4 Å². The predicted molar refractivity (Wildman–Crippen MR) is 102 cm³/mol. The summed E-state index contributed by atoms with van der Waals surface area (Å²) in [4.78, 5) is 25.5. The van der Waals surface area contributed by atoms with E-state index in [9.17, 15) is 9.59 Å². The Hall–Kier alpha value is -2.86. The van der Waals surface area contributed by atoms with Crippen LogP contribution in [0.5, 0.6) is 5.75 Å². The van der Waals surface area contributed by atoms with Crippen molar-refractivity contribution in [1.82, 2.24) is 9.78 Å². The quantitative estimate of drug-likeness (QED) is 0.741. The lowest BCUT2D eigenvalue weighted by Gasteiger charge is -2.13. The van der Waals surface area contributed by atoms with Crippen molar-refractivity contribution in [3.8, 4) is 5.75 Å². The number of para-hydroxylation sites is 2. The lowest BCUT2D eigenvalue weighted by atomic mass is 10.2. The first-order valence-electron chi connectivity index (χ1n) is 8.28. The Balaban J connectivity index is 2.06. The van der Waals surface area contributed by atoms with Gasteiger partial charge in [-0.25, -0.2) is 0 Å². The van der Waals surface area contributed by atoms with Gasteiger partial charge in [-0.05, 0) is 44.2 Å². The van der Waals surface area contributed by atoms with Gasteiger partial charge in [0.2, 0.25) is 5.43 Å². The van der Waals surface area contributed by atoms with Crippen LogP contribution in [0, 0.1) is 0 Å². The number of carbonyl (C=O) groups excluding carboxylic acids is 1. The summed E-state index contributed by atoms with van der Waals surface area (Å²) in [5.41, 5.74) is 0.467. The summed E-state index contributed by atoms with van der Waals surface area (Å²) in [6.07, 6.45) is 0. The molecule has 0 aliphatic carbocycles. The van der Waals surface area contributed by atoms with Crippen molar-refractivity contribution in [2.75, 3.05) is 11.9 Å².